The topological polar surface area (TPSA) is 46.3 Å². The maximum absolute atomic E-state index is 12.0. The summed E-state index contributed by atoms with van der Waals surface area (Å²) in [5.41, 5.74) is 6.94. The standard InChI is InChI=1S/C13H20N2O/c1-4-10(2)9-15(3)13(16)11-6-5-7-12(14)8-11/h5-8,10H,4,9,14H2,1-3H3. The fraction of sp³-hybridized carbons (Fsp3) is 0.462. The Bertz CT molecular complexity index is 363. The van der Waals surface area contributed by atoms with Gasteiger partial charge >= 0.3 is 0 Å². The molecule has 0 spiro atoms. The summed E-state index contributed by atoms with van der Waals surface area (Å²) in [6, 6.07) is 7.10. The average molecular weight is 220 g/mol. The average Bonchev–Trinajstić information content (AvgIpc) is 2.27. The zero-order valence-electron chi connectivity index (χ0n) is 10.2. The number of benzene rings is 1. The molecule has 3 nitrogen and oxygen atoms in total. The zero-order valence-corrected chi connectivity index (χ0v) is 10.2. The van der Waals surface area contributed by atoms with Crippen LogP contribution in [0.5, 0.6) is 0 Å². The largest absolute Gasteiger partial charge is 0.399 e. The van der Waals surface area contributed by atoms with Crippen LogP contribution >= 0.6 is 0 Å². The summed E-state index contributed by atoms with van der Waals surface area (Å²) in [7, 11) is 1.83. The Labute approximate surface area is 97.2 Å². The fourth-order valence-corrected chi connectivity index (χ4v) is 1.57. The third kappa shape index (κ3) is 3.26. The summed E-state index contributed by atoms with van der Waals surface area (Å²) in [6.45, 7) is 5.05. The van der Waals surface area contributed by atoms with Crippen molar-refractivity contribution in [1.29, 1.82) is 0 Å². The Morgan fingerprint density at radius 2 is 2.19 bits per heavy atom. The van der Waals surface area contributed by atoms with Gasteiger partial charge < -0.3 is 10.6 Å². The van der Waals surface area contributed by atoms with Gasteiger partial charge in [-0.15, -0.1) is 0 Å². The number of anilines is 1. The van der Waals surface area contributed by atoms with E-state index in [1.807, 2.05) is 7.05 Å². The fourth-order valence-electron chi connectivity index (χ4n) is 1.57. The van der Waals surface area contributed by atoms with Gasteiger partial charge in [0.25, 0.3) is 5.91 Å². The number of carbonyl (C=O) groups excluding carboxylic acids is 1. The maximum Gasteiger partial charge on any atom is 0.253 e. The molecule has 1 atom stereocenters. The molecule has 2 N–H and O–H groups in total. The lowest BCUT2D eigenvalue weighted by molar-refractivity contribution is 0.0775. The number of nitrogens with zero attached hydrogens (tertiary/aromatic N) is 1. The lowest BCUT2D eigenvalue weighted by atomic mass is 10.1. The maximum atomic E-state index is 12.0. The molecule has 88 valence electrons. The van der Waals surface area contributed by atoms with Gasteiger partial charge in [-0.3, -0.25) is 4.79 Å². The minimum absolute atomic E-state index is 0.0348. The van der Waals surface area contributed by atoms with Crippen LogP contribution in [0.2, 0.25) is 0 Å². The van der Waals surface area contributed by atoms with E-state index in [1.54, 1.807) is 29.2 Å². The van der Waals surface area contributed by atoms with Gasteiger partial charge in [0.05, 0.1) is 0 Å². The van der Waals surface area contributed by atoms with Gasteiger partial charge in [-0.1, -0.05) is 26.3 Å². The van der Waals surface area contributed by atoms with Gasteiger partial charge in [0.15, 0.2) is 0 Å². The molecule has 1 aromatic rings. The SMILES string of the molecule is CCC(C)CN(C)C(=O)c1cccc(N)c1. The van der Waals surface area contributed by atoms with Crippen LogP contribution in [-0.2, 0) is 0 Å². The highest BCUT2D eigenvalue weighted by atomic mass is 16.2. The Morgan fingerprint density at radius 3 is 2.75 bits per heavy atom. The smallest absolute Gasteiger partial charge is 0.253 e. The Morgan fingerprint density at radius 1 is 1.50 bits per heavy atom. The molecule has 1 rings (SSSR count). The van der Waals surface area contributed by atoms with E-state index in [0.717, 1.165) is 13.0 Å². The van der Waals surface area contributed by atoms with Gasteiger partial charge in [0, 0.05) is 24.8 Å². The first-order valence-corrected chi connectivity index (χ1v) is 5.65. The molecule has 1 amide bonds. The monoisotopic (exact) mass is 220 g/mol. The van der Waals surface area contributed by atoms with Crippen molar-refractivity contribution in [2.45, 2.75) is 20.3 Å². The summed E-state index contributed by atoms with van der Waals surface area (Å²) in [4.78, 5) is 13.8. The van der Waals surface area contributed by atoms with Gasteiger partial charge in [-0.25, -0.2) is 0 Å². The second kappa shape index (κ2) is 5.54. The molecule has 0 saturated carbocycles. The van der Waals surface area contributed by atoms with Crippen molar-refractivity contribution in [3.63, 3.8) is 0 Å². The molecule has 0 radical (unpaired) electrons. The molecule has 0 aromatic heterocycles. The lowest BCUT2D eigenvalue weighted by Crippen LogP contribution is -2.30. The van der Waals surface area contributed by atoms with Gasteiger partial charge in [-0.05, 0) is 24.1 Å². The van der Waals surface area contributed by atoms with E-state index >= 15 is 0 Å². The molecule has 0 saturated heterocycles. The number of hydrogen-bond acceptors (Lipinski definition) is 2. The second-order valence-electron chi connectivity index (χ2n) is 4.32. The lowest BCUT2D eigenvalue weighted by Gasteiger charge is -2.20. The summed E-state index contributed by atoms with van der Waals surface area (Å²) in [5, 5.41) is 0. The van der Waals surface area contributed by atoms with Crippen LogP contribution in [0.4, 0.5) is 5.69 Å². The highest BCUT2D eigenvalue weighted by Crippen LogP contribution is 2.11. The summed E-state index contributed by atoms with van der Waals surface area (Å²) in [5.74, 6) is 0.558. The normalized spacial score (nSPS) is 12.2. The van der Waals surface area contributed by atoms with Gasteiger partial charge in [-0.2, -0.15) is 0 Å². The van der Waals surface area contributed by atoms with Crippen LogP contribution in [0.3, 0.4) is 0 Å². The highest BCUT2D eigenvalue weighted by molar-refractivity contribution is 5.94. The van der Waals surface area contributed by atoms with E-state index in [0.29, 0.717) is 17.2 Å². The van der Waals surface area contributed by atoms with E-state index < -0.39 is 0 Å². The highest BCUT2D eigenvalue weighted by Gasteiger charge is 2.13. The van der Waals surface area contributed by atoms with Gasteiger partial charge in [0.2, 0.25) is 0 Å². The van der Waals surface area contributed by atoms with Crippen LogP contribution in [0.25, 0.3) is 0 Å². The molecule has 1 unspecified atom stereocenters. The van der Waals surface area contributed by atoms with Crippen LogP contribution < -0.4 is 5.73 Å². The summed E-state index contributed by atoms with van der Waals surface area (Å²) < 4.78 is 0. The number of hydrogen-bond donors (Lipinski definition) is 1. The van der Waals surface area contributed by atoms with E-state index in [2.05, 4.69) is 13.8 Å². The minimum Gasteiger partial charge on any atom is -0.399 e. The van der Waals surface area contributed by atoms with E-state index in [9.17, 15) is 4.79 Å². The van der Waals surface area contributed by atoms with Crippen molar-refractivity contribution in [2.24, 2.45) is 5.92 Å². The first-order chi connectivity index (χ1) is 7.54. The third-order valence-electron chi connectivity index (χ3n) is 2.76. The quantitative estimate of drug-likeness (QED) is 0.792. The molecule has 0 aliphatic heterocycles. The number of carbonyl (C=O) groups is 1. The zero-order chi connectivity index (χ0) is 12.1. The van der Waals surface area contributed by atoms with Crippen LogP contribution in [0, 0.1) is 5.92 Å². The molecular weight excluding hydrogens is 200 g/mol. The molecule has 16 heavy (non-hydrogen) atoms. The predicted molar refractivity (Wildman–Crippen MR) is 67.3 cm³/mol. The molecule has 0 bridgehead atoms. The molecular formula is C13H20N2O. The van der Waals surface area contributed by atoms with Crippen LogP contribution in [0.15, 0.2) is 24.3 Å². The second-order valence-corrected chi connectivity index (χ2v) is 4.32. The Kier molecular flexibility index (Phi) is 4.35. The number of amides is 1. The van der Waals surface area contributed by atoms with Crippen molar-refractivity contribution in [1.82, 2.24) is 4.90 Å². The number of rotatable bonds is 4. The molecule has 3 heteroatoms. The predicted octanol–water partition coefficient (Wildman–Crippen LogP) is 2.39. The molecule has 1 aromatic carbocycles. The third-order valence-corrected chi connectivity index (χ3v) is 2.76. The Hall–Kier alpha value is -1.51. The molecule has 0 heterocycles. The molecule has 0 fully saturated rings. The first-order valence-electron chi connectivity index (χ1n) is 5.65. The molecule has 0 aliphatic rings. The van der Waals surface area contributed by atoms with Gasteiger partial charge in [0.1, 0.15) is 0 Å². The van der Waals surface area contributed by atoms with E-state index in [1.165, 1.54) is 0 Å². The number of nitrogens with two attached hydrogens (primary N) is 1. The van der Waals surface area contributed by atoms with Crippen LogP contribution in [0.1, 0.15) is 30.6 Å². The Balaban J connectivity index is 2.70. The molecule has 0 aliphatic carbocycles. The first kappa shape index (κ1) is 12.6. The van der Waals surface area contributed by atoms with Crippen molar-refractivity contribution < 1.29 is 4.79 Å². The van der Waals surface area contributed by atoms with E-state index in [-0.39, 0.29) is 5.91 Å². The van der Waals surface area contributed by atoms with Crippen molar-refractivity contribution in [3.8, 4) is 0 Å². The minimum atomic E-state index is 0.0348. The van der Waals surface area contributed by atoms with Crippen LogP contribution in [-0.4, -0.2) is 24.4 Å². The van der Waals surface area contributed by atoms with Crippen molar-refractivity contribution in [3.05, 3.63) is 29.8 Å². The number of nitrogen functional groups attached to an aromatic ring is 1. The summed E-state index contributed by atoms with van der Waals surface area (Å²) >= 11 is 0. The van der Waals surface area contributed by atoms with Crippen molar-refractivity contribution in [2.75, 3.05) is 19.3 Å². The van der Waals surface area contributed by atoms with E-state index in [4.69, 9.17) is 5.73 Å². The summed E-state index contributed by atoms with van der Waals surface area (Å²) in [6.07, 6.45) is 1.08. The van der Waals surface area contributed by atoms with Crippen molar-refractivity contribution >= 4 is 11.6 Å².